The van der Waals surface area contributed by atoms with Gasteiger partial charge in [-0.15, -0.1) is 6.58 Å². The Balaban J connectivity index is 1.58. The second-order valence-electron chi connectivity index (χ2n) is 12.5. The Morgan fingerprint density at radius 1 is 0.564 bits per heavy atom. The van der Waals surface area contributed by atoms with Crippen molar-refractivity contribution in [2.75, 3.05) is 0 Å². The van der Waals surface area contributed by atoms with Crippen molar-refractivity contribution in [2.45, 2.75) is 161 Å². The van der Waals surface area contributed by atoms with Crippen molar-refractivity contribution in [3.63, 3.8) is 0 Å². The summed E-state index contributed by atoms with van der Waals surface area (Å²) in [4.78, 5) is 0. The molecule has 1 aliphatic rings. The van der Waals surface area contributed by atoms with Crippen molar-refractivity contribution < 1.29 is 0 Å². The number of fused-ring (bicyclic) bond motifs is 3. The van der Waals surface area contributed by atoms with Gasteiger partial charge in [-0.05, 0) is 66.3 Å². The first kappa shape index (κ1) is 31.7. The van der Waals surface area contributed by atoms with Crippen LogP contribution in [0, 0.1) is 0 Å². The third-order valence-corrected chi connectivity index (χ3v) is 9.37. The third-order valence-electron chi connectivity index (χ3n) is 9.37. The van der Waals surface area contributed by atoms with Crippen molar-refractivity contribution in [2.24, 2.45) is 0 Å². The van der Waals surface area contributed by atoms with Crippen LogP contribution in [0.5, 0.6) is 0 Å². The van der Waals surface area contributed by atoms with Gasteiger partial charge < -0.3 is 0 Å². The molecular weight excluding hydrogens is 468 g/mol. The molecule has 0 radical (unpaired) electrons. The number of benzene rings is 2. The van der Waals surface area contributed by atoms with Crippen LogP contribution in [0.25, 0.3) is 11.1 Å². The first-order valence-electron chi connectivity index (χ1n) is 17.1. The third kappa shape index (κ3) is 9.65. The van der Waals surface area contributed by atoms with Gasteiger partial charge in [-0.1, -0.05) is 165 Å². The summed E-state index contributed by atoms with van der Waals surface area (Å²) in [6.45, 7) is 8.49. The minimum Gasteiger partial charge on any atom is -0.103 e. The highest BCUT2D eigenvalue weighted by Crippen LogP contribution is 2.54. The molecule has 1 aliphatic carbocycles. The lowest BCUT2D eigenvalue weighted by Crippen LogP contribution is -2.25. The topological polar surface area (TPSA) is 0 Å². The number of allylic oxidation sites excluding steroid dienone is 1. The molecule has 2 aromatic carbocycles. The maximum atomic E-state index is 3.83. The molecule has 39 heavy (non-hydrogen) atoms. The summed E-state index contributed by atoms with van der Waals surface area (Å²) < 4.78 is 0. The molecule has 0 saturated heterocycles. The number of aryl methyl sites for hydroxylation is 1. The zero-order valence-electron chi connectivity index (χ0n) is 25.9. The molecule has 0 spiro atoms. The van der Waals surface area contributed by atoms with E-state index in [1.807, 2.05) is 0 Å². The Bertz CT molecular complexity index is 923. The molecule has 0 aliphatic heterocycles. The van der Waals surface area contributed by atoms with E-state index in [1.165, 1.54) is 152 Å². The zero-order chi connectivity index (χ0) is 27.6. The van der Waals surface area contributed by atoms with E-state index in [0.717, 1.165) is 0 Å². The Morgan fingerprint density at radius 3 is 1.72 bits per heavy atom. The van der Waals surface area contributed by atoms with Gasteiger partial charge >= 0.3 is 0 Å². The minimum absolute atomic E-state index is 0.231. The molecule has 0 aromatic heterocycles. The summed E-state index contributed by atoms with van der Waals surface area (Å²) in [6, 6.07) is 17.0. The van der Waals surface area contributed by atoms with Crippen LogP contribution >= 0.6 is 0 Å². The number of rotatable bonds is 23. The molecule has 0 fully saturated rings. The zero-order valence-corrected chi connectivity index (χ0v) is 25.9. The van der Waals surface area contributed by atoms with E-state index in [0.29, 0.717) is 0 Å². The highest BCUT2D eigenvalue weighted by Gasteiger charge is 2.42. The quantitative estimate of drug-likeness (QED) is 0.0993. The number of hydrogen-bond donors (Lipinski definition) is 0. The summed E-state index contributed by atoms with van der Waals surface area (Å²) in [5, 5.41) is 0. The van der Waals surface area contributed by atoms with Crippen LogP contribution in [0.4, 0.5) is 0 Å². The smallest absolute Gasteiger partial charge is 0.0215 e. The fourth-order valence-corrected chi connectivity index (χ4v) is 7.06. The maximum Gasteiger partial charge on any atom is 0.0215 e. The molecule has 0 saturated carbocycles. The Labute approximate surface area is 243 Å². The van der Waals surface area contributed by atoms with Crippen molar-refractivity contribution in [1.29, 1.82) is 0 Å². The fraction of sp³-hybridized carbons (Fsp3) is 0.641. The molecule has 0 nitrogen and oxygen atoms in total. The van der Waals surface area contributed by atoms with Crippen molar-refractivity contribution in [3.8, 4) is 11.1 Å². The highest BCUT2D eigenvalue weighted by atomic mass is 14.4. The Hall–Kier alpha value is -1.82. The van der Waals surface area contributed by atoms with Crippen molar-refractivity contribution >= 4 is 0 Å². The van der Waals surface area contributed by atoms with E-state index < -0.39 is 0 Å². The molecule has 0 unspecified atom stereocenters. The number of unbranched alkanes of at least 4 members (excludes halogenated alkanes) is 16. The van der Waals surface area contributed by atoms with Gasteiger partial charge in [-0.3, -0.25) is 0 Å². The Morgan fingerprint density at radius 2 is 1.10 bits per heavy atom. The van der Waals surface area contributed by atoms with Crippen molar-refractivity contribution in [3.05, 3.63) is 71.8 Å². The van der Waals surface area contributed by atoms with Crippen molar-refractivity contribution in [1.82, 2.24) is 0 Å². The number of hydrogen-bond acceptors (Lipinski definition) is 0. The Kier molecular flexibility index (Phi) is 15.0. The van der Waals surface area contributed by atoms with Gasteiger partial charge in [0.1, 0.15) is 0 Å². The summed E-state index contributed by atoms with van der Waals surface area (Å²) in [6.07, 6.45) is 31.9. The van der Waals surface area contributed by atoms with E-state index >= 15 is 0 Å². The predicted molar refractivity (Wildman–Crippen MR) is 175 cm³/mol. The van der Waals surface area contributed by atoms with Gasteiger partial charge in [0.05, 0.1) is 0 Å². The van der Waals surface area contributed by atoms with E-state index in [-0.39, 0.29) is 5.41 Å². The lowest BCUT2D eigenvalue weighted by Gasteiger charge is -2.33. The first-order valence-corrected chi connectivity index (χ1v) is 17.1. The molecule has 0 N–H and O–H groups in total. The summed E-state index contributed by atoms with van der Waals surface area (Å²) in [5.41, 5.74) is 8.16. The maximum absolute atomic E-state index is 3.83. The predicted octanol–water partition coefficient (Wildman–Crippen LogP) is 12.9. The van der Waals surface area contributed by atoms with Gasteiger partial charge in [0.25, 0.3) is 0 Å². The molecule has 2 aromatic rings. The largest absolute Gasteiger partial charge is 0.103 e. The molecule has 0 bridgehead atoms. The average molecular weight is 529 g/mol. The van der Waals surface area contributed by atoms with E-state index in [1.54, 1.807) is 16.7 Å². The van der Waals surface area contributed by atoms with Crippen LogP contribution < -0.4 is 0 Å². The molecule has 0 heteroatoms. The lowest BCUT2D eigenvalue weighted by molar-refractivity contribution is 0.400. The normalized spacial score (nSPS) is 13.4. The van der Waals surface area contributed by atoms with Crippen LogP contribution in [-0.4, -0.2) is 0 Å². The van der Waals surface area contributed by atoms with Crippen LogP contribution in [-0.2, 0) is 11.8 Å². The fourth-order valence-electron chi connectivity index (χ4n) is 7.06. The van der Waals surface area contributed by atoms with Gasteiger partial charge in [0, 0.05) is 5.41 Å². The molecule has 0 atom stereocenters. The lowest BCUT2D eigenvalue weighted by atomic mass is 9.70. The SMILES string of the molecule is C=CCCCCCCCCCCCCc1ccc2c(c1)C(CCCCCC)(CCCCCC)c1ccccc1-2. The van der Waals surface area contributed by atoms with E-state index in [2.05, 4.69) is 69.0 Å². The van der Waals surface area contributed by atoms with Gasteiger partial charge in [-0.2, -0.15) is 0 Å². The molecule has 0 heterocycles. The highest BCUT2D eigenvalue weighted by molar-refractivity contribution is 5.81. The second-order valence-corrected chi connectivity index (χ2v) is 12.5. The van der Waals surface area contributed by atoms with Gasteiger partial charge in [-0.25, -0.2) is 0 Å². The van der Waals surface area contributed by atoms with Crippen LogP contribution in [0.2, 0.25) is 0 Å². The van der Waals surface area contributed by atoms with Gasteiger partial charge in [0.2, 0.25) is 0 Å². The monoisotopic (exact) mass is 528 g/mol. The summed E-state index contributed by atoms with van der Waals surface area (Å²) >= 11 is 0. The molecular formula is C39H60. The summed E-state index contributed by atoms with van der Waals surface area (Å²) in [7, 11) is 0. The first-order chi connectivity index (χ1) is 19.3. The van der Waals surface area contributed by atoms with Crippen LogP contribution in [0.1, 0.15) is 165 Å². The minimum atomic E-state index is 0.231. The van der Waals surface area contributed by atoms with Crippen LogP contribution in [0.15, 0.2) is 55.1 Å². The molecule has 0 amide bonds. The summed E-state index contributed by atoms with van der Waals surface area (Å²) in [5.74, 6) is 0. The van der Waals surface area contributed by atoms with Crippen LogP contribution in [0.3, 0.4) is 0 Å². The average Bonchev–Trinajstić information content (AvgIpc) is 3.23. The second kappa shape index (κ2) is 18.5. The standard InChI is InChI=1S/C39H60/c1-4-7-10-13-14-15-16-17-18-19-20-21-26-34-29-30-36-35-27-22-23-28-37(35)39(38(36)33-34,31-24-11-8-5-2)32-25-12-9-6-3/h4,22-23,27-30,33H,1,5-21,24-26,31-32H2,2-3H3. The molecule has 216 valence electrons. The van der Waals surface area contributed by atoms with E-state index in [4.69, 9.17) is 0 Å². The van der Waals surface area contributed by atoms with Gasteiger partial charge in [0.15, 0.2) is 0 Å². The van der Waals surface area contributed by atoms with E-state index in [9.17, 15) is 0 Å². The molecule has 3 rings (SSSR count).